The van der Waals surface area contributed by atoms with Crippen LogP contribution in [0.1, 0.15) is 30.1 Å². The normalized spacial score (nSPS) is 16.1. The van der Waals surface area contributed by atoms with E-state index in [0.717, 1.165) is 29.1 Å². The number of hydrogen-bond donors (Lipinski definition) is 2. The van der Waals surface area contributed by atoms with Crippen molar-refractivity contribution in [2.24, 2.45) is 11.8 Å². The molecule has 1 aromatic heterocycles. The molecule has 104 valence electrons. The molecule has 1 atom stereocenters. The second kappa shape index (κ2) is 5.12. The van der Waals surface area contributed by atoms with Crippen molar-refractivity contribution in [3.8, 4) is 0 Å². The van der Waals surface area contributed by atoms with Crippen molar-refractivity contribution in [2.45, 2.75) is 19.8 Å². The third kappa shape index (κ3) is 2.46. The highest BCUT2D eigenvalue weighted by molar-refractivity contribution is 6.06. The number of carboxylic acid groups (broad SMARTS) is 1. The van der Waals surface area contributed by atoms with Gasteiger partial charge < -0.3 is 10.4 Å². The first kappa shape index (κ1) is 12.9. The van der Waals surface area contributed by atoms with Gasteiger partial charge in [0.25, 0.3) is 0 Å². The summed E-state index contributed by atoms with van der Waals surface area (Å²) in [5.74, 6) is 1.31. The third-order valence-corrected chi connectivity index (χ3v) is 4.04. The number of carboxylic acids is 1. The predicted octanol–water partition coefficient (Wildman–Crippen LogP) is 3.39. The summed E-state index contributed by atoms with van der Waals surface area (Å²) in [4.78, 5) is 15.5. The molecule has 2 aromatic rings. The van der Waals surface area contributed by atoms with Crippen molar-refractivity contribution >= 4 is 22.6 Å². The van der Waals surface area contributed by atoms with E-state index in [4.69, 9.17) is 0 Å². The predicted molar refractivity (Wildman–Crippen MR) is 79.1 cm³/mol. The maximum Gasteiger partial charge on any atom is 0.337 e. The second-order valence-corrected chi connectivity index (χ2v) is 5.57. The van der Waals surface area contributed by atoms with Gasteiger partial charge in [-0.15, -0.1) is 0 Å². The fourth-order valence-corrected chi connectivity index (χ4v) is 2.59. The van der Waals surface area contributed by atoms with Gasteiger partial charge in [0.1, 0.15) is 5.82 Å². The van der Waals surface area contributed by atoms with E-state index in [-0.39, 0.29) is 5.56 Å². The van der Waals surface area contributed by atoms with Crippen LogP contribution >= 0.6 is 0 Å². The molecule has 1 heterocycles. The van der Waals surface area contributed by atoms with Crippen molar-refractivity contribution in [3.05, 3.63) is 36.0 Å². The molecule has 3 rings (SSSR count). The number of anilines is 1. The highest BCUT2D eigenvalue weighted by Crippen LogP contribution is 2.36. The molecule has 4 nitrogen and oxygen atoms in total. The summed E-state index contributed by atoms with van der Waals surface area (Å²) in [6.07, 6.45) is 4.10. The van der Waals surface area contributed by atoms with Gasteiger partial charge in [0.15, 0.2) is 0 Å². The Labute approximate surface area is 117 Å². The Bertz CT molecular complexity index is 650. The van der Waals surface area contributed by atoms with E-state index < -0.39 is 5.97 Å². The Balaban J connectivity index is 1.91. The number of pyridine rings is 1. The van der Waals surface area contributed by atoms with Gasteiger partial charge in [0, 0.05) is 23.5 Å². The molecule has 0 aliphatic heterocycles. The zero-order valence-electron chi connectivity index (χ0n) is 11.5. The Kier molecular flexibility index (Phi) is 3.30. The van der Waals surface area contributed by atoms with Crippen LogP contribution in [-0.4, -0.2) is 22.6 Å². The number of hydrogen-bond acceptors (Lipinski definition) is 3. The number of fused-ring (bicyclic) bond motifs is 1. The largest absolute Gasteiger partial charge is 0.478 e. The lowest BCUT2D eigenvalue weighted by molar-refractivity contribution is 0.0698. The van der Waals surface area contributed by atoms with Gasteiger partial charge in [-0.25, -0.2) is 9.78 Å². The van der Waals surface area contributed by atoms with Crippen molar-refractivity contribution in [2.75, 3.05) is 11.9 Å². The average Bonchev–Trinajstić information content (AvgIpc) is 3.28. The molecule has 20 heavy (non-hydrogen) atoms. The lowest BCUT2D eigenvalue weighted by Crippen LogP contribution is -2.14. The van der Waals surface area contributed by atoms with Crippen molar-refractivity contribution in [1.29, 1.82) is 0 Å². The Hall–Kier alpha value is -2.10. The van der Waals surface area contributed by atoms with Crippen molar-refractivity contribution < 1.29 is 9.90 Å². The summed E-state index contributed by atoms with van der Waals surface area (Å²) in [7, 11) is 0. The zero-order valence-corrected chi connectivity index (χ0v) is 11.5. The lowest BCUT2D eigenvalue weighted by Gasteiger charge is -2.14. The second-order valence-electron chi connectivity index (χ2n) is 5.57. The first-order valence-electron chi connectivity index (χ1n) is 7.01. The van der Waals surface area contributed by atoms with E-state index in [1.807, 2.05) is 24.3 Å². The molecular formula is C16H18N2O2. The van der Waals surface area contributed by atoms with Crippen LogP contribution in [-0.2, 0) is 0 Å². The first-order valence-corrected chi connectivity index (χ1v) is 7.01. The standard InChI is InChI=1S/C16H18N2O2/c1-10(11-6-7-11)8-17-15-13-5-3-2-4-12(13)14(9-18-15)16(19)20/h2-5,9-11H,6-8H2,1H3,(H,17,18)(H,19,20). The molecule has 1 aliphatic carbocycles. The SMILES string of the molecule is CC(CNc1ncc(C(=O)O)c2ccccc12)C1CC1. The smallest absolute Gasteiger partial charge is 0.337 e. The first-order chi connectivity index (χ1) is 9.66. The van der Waals surface area contributed by atoms with Crippen LogP contribution in [0.25, 0.3) is 10.8 Å². The number of nitrogens with one attached hydrogen (secondary N) is 1. The molecule has 1 unspecified atom stereocenters. The summed E-state index contributed by atoms with van der Waals surface area (Å²) >= 11 is 0. The van der Waals surface area contributed by atoms with E-state index in [2.05, 4.69) is 17.2 Å². The molecule has 1 saturated carbocycles. The van der Waals surface area contributed by atoms with Gasteiger partial charge in [-0.3, -0.25) is 0 Å². The number of benzene rings is 1. The molecule has 0 radical (unpaired) electrons. The maximum absolute atomic E-state index is 11.2. The van der Waals surface area contributed by atoms with Crippen LogP contribution in [0.4, 0.5) is 5.82 Å². The lowest BCUT2D eigenvalue weighted by atomic mass is 10.1. The van der Waals surface area contributed by atoms with Crippen LogP contribution in [0.5, 0.6) is 0 Å². The fourth-order valence-electron chi connectivity index (χ4n) is 2.59. The minimum absolute atomic E-state index is 0.251. The van der Waals surface area contributed by atoms with Crippen LogP contribution in [0.2, 0.25) is 0 Å². The van der Waals surface area contributed by atoms with Crippen LogP contribution in [0.3, 0.4) is 0 Å². The zero-order chi connectivity index (χ0) is 14.1. The van der Waals surface area contributed by atoms with Crippen molar-refractivity contribution in [3.63, 3.8) is 0 Å². The van der Waals surface area contributed by atoms with Crippen LogP contribution in [0, 0.1) is 11.8 Å². The van der Waals surface area contributed by atoms with Gasteiger partial charge >= 0.3 is 5.97 Å². The number of rotatable bonds is 5. The Morgan fingerprint density at radius 3 is 2.75 bits per heavy atom. The van der Waals surface area contributed by atoms with Crippen LogP contribution < -0.4 is 5.32 Å². The molecule has 2 N–H and O–H groups in total. The molecule has 0 bridgehead atoms. The quantitative estimate of drug-likeness (QED) is 0.874. The Morgan fingerprint density at radius 2 is 2.10 bits per heavy atom. The summed E-state index contributed by atoms with van der Waals surface area (Å²) in [5, 5.41) is 14.2. The topological polar surface area (TPSA) is 62.2 Å². The van der Waals surface area contributed by atoms with Gasteiger partial charge in [0.05, 0.1) is 5.56 Å². The molecule has 1 aliphatic rings. The molecule has 0 spiro atoms. The number of aromatic carboxylic acids is 1. The van der Waals surface area contributed by atoms with Gasteiger partial charge in [0.2, 0.25) is 0 Å². The minimum Gasteiger partial charge on any atom is -0.478 e. The van der Waals surface area contributed by atoms with E-state index in [9.17, 15) is 9.90 Å². The summed E-state index contributed by atoms with van der Waals surface area (Å²) in [5.41, 5.74) is 0.251. The summed E-state index contributed by atoms with van der Waals surface area (Å²) in [6.45, 7) is 3.13. The fraction of sp³-hybridized carbons (Fsp3) is 0.375. The molecular weight excluding hydrogens is 252 g/mol. The average molecular weight is 270 g/mol. The molecule has 0 amide bonds. The maximum atomic E-state index is 11.2. The summed E-state index contributed by atoms with van der Waals surface area (Å²) in [6, 6.07) is 7.51. The minimum atomic E-state index is -0.938. The van der Waals surface area contributed by atoms with E-state index in [1.165, 1.54) is 19.0 Å². The highest BCUT2D eigenvalue weighted by atomic mass is 16.4. The number of nitrogens with zero attached hydrogens (tertiary/aromatic N) is 1. The van der Waals surface area contributed by atoms with E-state index in [1.54, 1.807) is 0 Å². The van der Waals surface area contributed by atoms with Crippen molar-refractivity contribution in [1.82, 2.24) is 4.98 Å². The monoisotopic (exact) mass is 270 g/mol. The Morgan fingerprint density at radius 1 is 1.40 bits per heavy atom. The van der Waals surface area contributed by atoms with Gasteiger partial charge in [-0.2, -0.15) is 0 Å². The molecule has 1 aromatic carbocycles. The summed E-state index contributed by atoms with van der Waals surface area (Å²) < 4.78 is 0. The number of aromatic nitrogens is 1. The van der Waals surface area contributed by atoms with E-state index in [0.29, 0.717) is 5.92 Å². The van der Waals surface area contributed by atoms with Gasteiger partial charge in [-0.1, -0.05) is 31.2 Å². The molecule has 0 saturated heterocycles. The third-order valence-electron chi connectivity index (χ3n) is 4.04. The number of carbonyl (C=O) groups is 1. The molecule has 4 heteroatoms. The van der Waals surface area contributed by atoms with Gasteiger partial charge in [-0.05, 0) is 24.7 Å². The van der Waals surface area contributed by atoms with E-state index >= 15 is 0 Å². The molecule has 1 fully saturated rings. The van der Waals surface area contributed by atoms with Crippen LogP contribution in [0.15, 0.2) is 30.5 Å². The highest BCUT2D eigenvalue weighted by Gasteiger charge is 2.27.